The van der Waals surface area contributed by atoms with Gasteiger partial charge in [-0.25, -0.2) is 0 Å². The van der Waals surface area contributed by atoms with Crippen molar-refractivity contribution in [1.82, 2.24) is 25.0 Å². The molecule has 1 fully saturated rings. The Bertz CT molecular complexity index is 471. The molecule has 1 amide bonds. The van der Waals surface area contributed by atoms with Gasteiger partial charge in [0.15, 0.2) is 5.82 Å². The van der Waals surface area contributed by atoms with Gasteiger partial charge in [0.1, 0.15) is 0 Å². The molecule has 1 aromatic heterocycles. The molecule has 1 saturated heterocycles. The van der Waals surface area contributed by atoms with Crippen LogP contribution in [0, 0.1) is 0 Å². The van der Waals surface area contributed by atoms with Crippen LogP contribution in [-0.4, -0.2) is 84.3 Å². The number of amides is 1. The Morgan fingerprint density at radius 1 is 1.33 bits per heavy atom. The molecule has 2 heterocycles. The van der Waals surface area contributed by atoms with E-state index in [1.807, 2.05) is 19.0 Å². The van der Waals surface area contributed by atoms with Crippen LogP contribution < -0.4 is 10.2 Å². The SMILES string of the molecule is CC(=O)N1CCN(c2cnnc(NCCN(C)C)n2)CC1. The first-order valence-electron chi connectivity index (χ1n) is 7.15. The third kappa shape index (κ3) is 4.52. The number of rotatable bonds is 5. The van der Waals surface area contributed by atoms with Crippen LogP contribution >= 0.6 is 0 Å². The summed E-state index contributed by atoms with van der Waals surface area (Å²) in [5, 5.41) is 11.2. The van der Waals surface area contributed by atoms with Gasteiger partial charge in [-0.15, -0.1) is 5.10 Å². The average Bonchev–Trinajstić information content (AvgIpc) is 2.47. The molecule has 0 atom stereocenters. The van der Waals surface area contributed by atoms with Crippen molar-refractivity contribution in [2.75, 3.05) is 63.6 Å². The second-order valence-electron chi connectivity index (χ2n) is 5.36. The third-order valence-corrected chi connectivity index (χ3v) is 3.44. The average molecular weight is 293 g/mol. The lowest BCUT2D eigenvalue weighted by Gasteiger charge is -2.34. The lowest BCUT2D eigenvalue weighted by molar-refractivity contribution is -0.129. The number of anilines is 2. The second kappa shape index (κ2) is 7.16. The Morgan fingerprint density at radius 3 is 2.67 bits per heavy atom. The Balaban J connectivity index is 1.90. The summed E-state index contributed by atoms with van der Waals surface area (Å²) in [6.07, 6.45) is 1.67. The number of nitrogens with one attached hydrogen (secondary N) is 1. The van der Waals surface area contributed by atoms with E-state index < -0.39 is 0 Å². The molecule has 0 saturated carbocycles. The maximum Gasteiger partial charge on any atom is 0.244 e. The normalized spacial score (nSPS) is 15.4. The molecule has 8 nitrogen and oxygen atoms in total. The molecule has 0 radical (unpaired) electrons. The van der Waals surface area contributed by atoms with Crippen molar-refractivity contribution in [2.45, 2.75) is 6.92 Å². The van der Waals surface area contributed by atoms with Crippen molar-refractivity contribution in [3.05, 3.63) is 6.20 Å². The Labute approximate surface area is 125 Å². The van der Waals surface area contributed by atoms with Crippen molar-refractivity contribution >= 4 is 17.7 Å². The number of piperazine rings is 1. The smallest absolute Gasteiger partial charge is 0.244 e. The van der Waals surface area contributed by atoms with E-state index in [0.717, 1.165) is 45.1 Å². The van der Waals surface area contributed by atoms with E-state index in [-0.39, 0.29) is 5.91 Å². The molecule has 0 unspecified atom stereocenters. The number of carbonyl (C=O) groups is 1. The summed E-state index contributed by atoms with van der Waals surface area (Å²) in [5.74, 6) is 1.48. The maximum absolute atomic E-state index is 11.3. The minimum Gasteiger partial charge on any atom is -0.352 e. The van der Waals surface area contributed by atoms with E-state index in [4.69, 9.17) is 0 Å². The zero-order chi connectivity index (χ0) is 15.2. The first kappa shape index (κ1) is 15.4. The first-order valence-corrected chi connectivity index (χ1v) is 7.15. The molecule has 1 aliphatic heterocycles. The van der Waals surface area contributed by atoms with E-state index in [9.17, 15) is 4.79 Å². The molecule has 0 bridgehead atoms. The van der Waals surface area contributed by atoms with Crippen molar-refractivity contribution in [3.8, 4) is 0 Å². The Morgan fingerprint density at radius 2 is 2.05 bits per heavy atom. The standard InChI is InChI=1S/C13H23N7O/c1-11(21)19-6-8-20(9-7-19)12-10-15-17-13(16-12)14-4-5-18(2)3/h10H,4-9H2,1-3H3,(H,14,16,17). The van der Waals surface area contributed by atoms with Crippen molar-refractivity contribution in [1.29, 1.82) is 0 Å². The van der Waals surface area contributed by atoms with Gasteiger partial charge in [0.05, 0.1) is 6.20 Å². The van der Waals surface area contributed by atoms with Gasteiger partial charge in [-0.2, -0.15) is 10.1 Å². The van der Waals surface area contributed by atoms with Crippen LogP contribution in [0.25, 0.3) is 0 Å². The molecule has 0 spiro atoms. The summed E-state index contributed by atoms with van der Waals surface area (Å²) < 4.78 is 0. The van der Waals surface area contributed by atoms with E-state index in [1.54, 1.807) is 13.1 Å². The highest BCUT2D eigenvalue weighted by Crippen LogP contribution is 2.13. The van der Waals surface area contributed by atoms with E-state index in [2.05, 4.69) is 30.3 Å². The topological polar surface area (TPSA) is 77.5 Å². The summed E-state index contributed by atoms with van der Waals surface area (Å²) in [6.45, 7) is 6.28. The molecule has 1 aliphatic rings. The number of aromatic nitrogens is 3. The fraction of sp³-hybridized carbons (Fsp3) is 0.692. The number of hydrogen-bond donors (Lipinski definition) is 1. The highest BCUT2D eigenvalue weighted by atomic mass is 16.2. The molecule has 0 aliphatic carbocycles. The number of nitrogens with zero attached hydrogens (tertiary/aromatic N) is 6. The number of carbonyl (C=O) groups excluding carboxylic acids is 1. The molecule has 2 rings (SSSR count). The summed E-state index contributed by atoms with van der Waals surface area (Å²) >= 11 is 0. The van der Waals surface area contributed by atoms with Crippen LogP contribution in [0.2, 0.25) is 0 Å². The van der Waals surface area contributed by atoms with Gasteiger partial charge in [0, 0.05) is 46.2 Å². The molecule has 1 N–H and O–H groups in total. The largest absolute Gasteiger partial charge is 0.352 e. The second-order valence-corrected chi connectivity index (χ2v) is 5.36. The maximum atomic E-state index is 11.3. The van der Waals surface area contributed by atoms with Crippen molar-refractivity contribution in [2.24, 2.45) is 0 Å². The predicted octanol–water partition coefficient (Wildman–Crippen LogP) is -0.486. The fourth-order valence-electron chi connectivity index (χ4n) is 2.16. The van der Waals surface area contributed by atoms with Crippen molar-refractivity contribution in [3.63, 3.8) is 0 Å². The highest BCUT2D eigenvalue weighted by molar-refractivity contribution is 5.73. The summed E-state index contributed by atoms with van der Waals surface area (Å²) in [6, 6.07) is 0. The zero-order valence-electron chi connectivity index (χ0n) is 12.9. The van der Waals surface area contributed by atoms with Gasteiger partial charge in [-0.3, -0.25) is 4.79 Å². The van der Waals surface area contributed by atoms with Gasteiger partial charge in [-0.1, -0.05) is 0 Å². The summed E-state index contributed by atoms with van der Waals surface area (Å²) in [5.41, 5.74) is 0. The lowest BCUT2D eigenvalue weighted by atomic mass is 10.3. The van der Waals surface area contributed by atoms with E-state index >= 15 is 0 Å². The van der Waals surface area contributed by atoms with Gasteiger partial charge in [-0.05, 0) is 14.1 Å². The number of likely N-dealkylation sites (N-methyl/N-ethyl adjacent to an activating group) is 1. The quantitative estimate of drug-likeness (QED) is 0.785. The van der Waals surface area contributed by atoms with Crippen LogP contribution in [-0.2, 0) is 4.79 Å². The molecule has 1 aromatic rings. The van der Waals surface area contributed by atoms with Crippen LogP contribution in [0.5, 0.6) is 0 Å². The lowest BCUT2D eigenvalue weighted by Crippen LogP contribution is -2.48. The van der Waals surface area contributed by atoms with Gasteiger partial charge >= 0.3 is 0 Å². The molecule has 8 heteroatoms. The minimum absolute atomic E-state index is 0.126. The van der Waals surface area contributed by atoms with Crippen LogP contribution in [0.4, 0.5) is 11.8 Å². The first-order chi connectivity index (χ1) is 10.1. The van der Waals surface area contributed by atoms with E-state index in [1.165, 1.54) is 0 Å². The Kier molecular flexibility index (Phi) is 5.26. The summed E-state index contributed by atoms with van der Waals surface area (Å²) in [7, 11) is 4.04. The molecule has 116 valence electrons. The van der Waals surface area contributed by atoms with Crippen LogP contribution in [0.1, 0.15) is 6.92 Å². The zero-order valence-corrected chi connectivity index (χ0v) is 12.9. The van der Waals surface area contributed by atoms with Gasteiger partial charge in [0.2, 0.25) is 11.9 Å². The third-order valence-electron chi connectivity index (χ3n) is 3.44. The van der Waals surface area contributed by atoms with Crippen molar-refractivity contribution < 1.29 is 4.79 Å². The van der Waals surface area contributed by atoms with E-state index in [0.29, 0.717) is 5.95 Å². The Hall–Kier alpha value is -1.96. The highest BCUT2D eigenvalue weighted by Gasteiger charge is 2.20. The molecule has 0 aromatic carbocycles. The molecular formula is C13H23N7O. The molecular weight excluding hydrogens is 270 g/mol. The monoisotopic (exact) mass is 293 g/mol. The predicted molar refractivity (Wildman–Crippen MR) is 81.3 cm³/mol. The fourth-order valence-corrected chi connectivity index (χ4v) is 2.16. The van der Waals surface area contributed by atoms with Gasteiger partial charge in [0.25, 0.3) is 0 Å². The number of hydrogen-bond acceptors (Lipinski definition) is 7. The minimum atomic E-state index is 0.126. The summed E-state index contributed by atoms with van der Waals surface area (Å²) in [4.78, 5) is 21.9. The van der Waals surface area contributed by atoms with Crippen LogP contribution in [0.3, 0.4) is 0 Å². The van der Waals surface area contributed by atoms with Crippen LogP contribution in [0.15, 0.2) is 6.20 Å². The molecule has 21 heavy (non-hydrogen) atoms. The van der Waals surface area contributed by atoms with Gasteiger partial charge < -0.3 is 20.0 Å².